The molecular weight excluding hydrogens is 306 g/mol. The van der Waals surface area contributed by atoms with E-state index in [9.17, 15) is 13.2 Å². The van der Waals surface area contributed by atoms with E-state index in [0.29, 0.717) is 18.5 Å². The van der Waals surface area contributed by atoms with Gasteiger partial charge >= 0.3 is 5.97 Å². The average Bonchev–Trinajstić information content (AvgIpc) is 2.81. The first-order valence-corrected chi connectivity index (χ1v) is 8.68. The van der Waals surface area contributed by atoms with Crippen LogP contribution in [0.1, 0.15) is 23.7 Å². The van der Waals surface area contributed by atoms with Crippen LogP contribution in [-0.2, 0) is 25.6 Å². The first kappa shape index (κ1) is 16.5. The summed E-state index contributed by atoms with van der Waals surface area (Å²) in [6.45, 7) is 2.24. The first-order chi connectivity index (χ1) is 10.3. The van der Waals surface area contributed by atoms with E-state index in [2.05, 4.69) is 0 Å². The Kier molecular flexibility index (Phi) is 4.87. The van der Waals surface area contributed by atoms with Crippen molar-refractivity contribution in [2.75, 3.05) is 13.4 Å². The van der Waals surface area contributed by atoms with Crippen LogP contribution in [0.25, 0.3) is 10.9 Å². The second-order valence-corrected chi connectivity index (χ2v) is 6.75. The van der Waals surface area contributed by atoms with Gasteiger partial charge in [0.25, 0.3) is 10.1 Å². The van der Waals surface area contributed by atoms with Crippen molar-refractivity contribution >= 4 is 27.0 Å². The lowest BCUT2D eigenvalue weighted by atomic mass is 10.2. The minimum absolute atomic E-state index is 0.393. The predicted octanol–water partition coefficient (Wildman–Crippen LogP) is 2.18. The number of fused-ring (bicyclic) bond motifs is 1. The SMILES string of the molecule is COC(=O)c1cn(CCC(C)OS(C)(=O)=O)c2ccccc12. The van der Waals surface area contributed by atoms with Crippen molar-refractivity contribution in [3.8, 4) is 0 Å². The normalized spacial score (nSPS) is 13.2. The molecule has 0 amide bonds. The van der Waals surface area contributed by atoms with Crippen LogP contribution in [0.2, 0.25) is 0 Å². The van der Waals surface area contributed by atoms with Crippen molar-refractivity contribution < 1.29 is 22.1 Å². The molecule has 1 atom stereocenters. The molecule has 0 aliphatic heterocycles. The number of hydrogen-bond acceptors (Lipinski definition) is 5. The summed E-state index contributed by atoms with van der Waals surface area (Å²) in [7, 11) is -2.12. The van der Waals surface area contributed by atoms with Gasteiger partial charge in [0, 0.05) is 23.6 Å². The number of nitrogens with zero attached hydrogens (tertiary/aromatic N) is 1. The Morgan fingerprint density at radius 1 is 1.32 bits per heavy atom. The van der Waals surface area contributed by atoms with Crippen LogP contribution in [0.5, 0.6) is 0 Å². The Balaban J connectivity index is 2.23. The van der Waals surface area contributed by atoms with Crippen LogP contribution in [0.4, 0.5) is 0 Å². The molecule has 0 radical (unpaired) electrons. The molecule has 6 nitrogen and oxygen atoms in total. The highest BCUT2D eigenvalue weighted by molar-refractivity contribution is 7.86. The van der Waals surface area contributed by atoms with Gasteiger partial charge in [0.1, 0.15) is 0 Å². The van der Waals surface area contributed by atoms with Gasteiger partial charge in [-0.1, -0.05) is 18.2 Å². The number of benzene rings is 1. The monoisotopic (exact) mass is 325 g/mol. The summed E-state index contributed by atoms with van der Waals surface area (Å²) in [6.07, 6.45) is 2.83. The minimum atomic E-state index is -3.47. The zero-order chi connectivity index (χ0) is 16.3. The number of aryl methyl sites for hydroxylation is 1. The third kappa shape index (κ3) is 3.86. The number of para-hydroxylation sites is 1. The average molecular weight is 325 g/mol. The summed E-state index contributed by atoms with van der Waals surface area (Å²) >= 11 is 0. The fourth-order valence-electron chi connectivity index (χ4n) is 2.37. The molecule has 0 bridgehead atoms. The maximum atomic E-state index is 11.8. The highest BCUT2D eigenvalue weighted by Crippen LogP contribution is 2.22. The van der Waals surface area contributed by atoms with Gasteiger partial charge in [-0.2, -0.15) is 8.42 Å². The van der Waals surface area contributed by atoms with Crippen molar-refractivity contribution in [1.29, 1.82) is 0 Å². The molecule has 2 aromatic rings. The maximum Gasteiger partial charge on any atom is 0.340 e. The lowest BCUT2D eigenvalue weighted by Crippen LogP contribution is -2.16. The van der Waals surface area contributed by atoms with Crippen molar-refractivity contribution in [3.05, 3.63) is 36.0 Å². The van der Waals surface area contributed by atoms with Crippen LogP contribution in [-0.4, -0.2) is 38.4 Å². The topological polar surface area (TPSA) is 74.6 Å². The Hall–Kier alpha value is -1.86. The number of carbonyl (C=O) groups excluding carboxylic acids is 1. The number of esters is 1. The fourth-order valence-corrected chi connectivity index (χ4v) is 3.06. The van der Waals surface area contributed by atoms with E-state index in [4.69, 9.17) is 8.92 Å². The van der Waals surface area contributed by atoms with Gasteiger partial charge in [0.15, 0.2) is 0 Å². The summed E-state index contributed by atoms with van der Waals surface area (Å²) in [5.41, 5.74) is 1.39. The second-order valence-electron chi connectivity index (χ2n) is 5.14. The van der Waals surface area contributed by atoms with E-state index < -0.39 is 22.2 Å². The molecule has 0 spiro atoms. The van der Waals surface area contributed by atoms with Crippen molar-refractivity contribution in [3.63, 3.8) is 0 Å². The predicted molar refractivity (Wildman–Crippen MR) is 83.3 cm³/mol. The zero-order valence-electron chi connectivity index (χ0n) is 12.8. The van der Waals surface area contributed by atoms with E-state index in [1.807, 2.05) is 28.8 Å². The lowest BCUT2D eigenvalue weighted by molar-refractivity contribution is 0.0602. The quantitative estimate of drug-likeness (QED) is 0.601. The zero-order valence-corrected chi connectivity index (χ0v) is 13.6. The van der Waals surface area contributed by atoms with E-state index >= 15 is 0 Å². The van der Waals surface area contributed by atoms with Crippen molar-refractivity contribution in [2.45, 2.75) is 26.0 Å². The summed E-state index contributed by atoms with van der Waals surface area (Å²) in [5, 5.41) is 0.811. The molecule has 0 aliphatic rings. The number of carbonyl (C=O) groups is 1. The van der Waals surface area contributed by atoms with Crippen LogP contribution in [0, 0.1) is 0 Å². The van der Waals surface area contributed by atoms with Gasteiger partial charge < -0.3 is 9.30 Å². The Labute approximate surface area is 129 Å². The van der Waals surface area contributed by atoms with E-state index in [1.165, 1.54) is 7.11 Å². The molecule has 0 saturated heterocycles. The number of methoxy groups -OCH3 is 1. The Bertz CT molecular complexity index is 778. The van der Waals surface area contributed by atoms with Gasteiger partial charge in [0.05, 0.1) is 25.0 Å². The summed E-state index contributed by atoms with van der Waals surface area (Å²) in [5.74, 6) is -0.393. The summed E-state index contributed by atoms with van der Waals surface area (Å²) < 4.78 is 33.8. The third-order valence-corrected chi connectivity index (χ3v) is 3.99. The van der Waals surface area contributed by atoms with E-state index in [1.54, 1.807) is 13.1 Å². The number of hydrogen-bond donors (Lipinski definition) is 0. The second kappa shape index (κ2) is 6.50. The van der Waals surface area contributed by atoms with Crippen LogP contribution >= 0.6 is 0 Å². The molecule has 1 unspecified atom stereocenters. The Morgan fingerprint density at radius 2 is 2.00 bits per heavy atom. The summed E-state index contributed by atoms with van der Waals surface area (Å²) in [6, 6.07) is 7.50. The minimum Gasteiger partial charge on any atom is -0.465 e. The molecule has 22 heavy (non-hydrogen) atoms. The highest BCUT2D eigenvalue weighted by Gasteiger charge is 2.16. The standard InChI is InChI=1S/C15H19NO5S/c1-11(21-22(3,18)19)8-9-16-10-13(15(17)20-2)12-6-4-5-7-14(12)16/h4-7,10-11H,8-9H2,1-3H3. The number of aromatic nitrogens is 1. The molecule has 1 aromatic heterocycles. The van der Waals surface area contributed by atoms with Gasteiger partial charge in [-0.3, -0.25) is 4.18 Å². The lowest BCUT2D eigenvalue weighted by Gasteiger charge is -2.12. The third-order valence-electron chi connectivity index (χ3n) is 3.31. The van der Waals surface area contributed by atoms with Gasteiger partial charge in [0.2, 0.25) is 0 Å². The van der Waals surface area contributed by atoms with Crippen molar-refractivity contribution in [2.24, 2.45) is 0 Å². The molecule has 7 heteroatoms. The highest BCUT2D eigenvalue weighted by atomic mass is 32.2. The molecule has 0 saturated carbocycles. The van der Waals surface area contributed by atoms with E-state index in [0.717, 1.165) is 17.2 Å². The number of ether oxygens (including phenoxy) is 1. The van der Waals surface area contributed by atoms with Crippen molar-refractivity contribution in [1.82, 2.24) is 4.57 Å². The molecule has 0 fully saturated rings. The molecule has 0 aliphatic carbocycles. The number of rotatable bonds is 6. The molecular formula is C15H19NO5S. The first-order valence-electron chi connectivity index (χ1n) is 6.86. The smallest absolute Gasteiger partial charge is 0.340 e. The molecule has 120 valence electrons. The Morgan fingerprint density at radius 3 is 2.64 bits per heavy atom. The van der Waals surface area contributed by atoms with Crippen LogP contribution in [0.3, 0.4) is 0 Å². The van der Waals surface area contributed by atoms with Crippen LogP contribution in [0.15, 0.2) is 30.5 Å². The van der Waals surface area contributed by atoms with E-state index in [-0.39, 0.29) is 0 Å². The fraction of sp³-hybridized carbons (Fsp3) is 0.400. The summed E-state index contributed by atoms with van der Waals surface area (Å²) in [4.78, 5) is 11.8. The largest absolute Gasteiger partial charge is 0.465 e. The molecule has 1 aromatic carbocycles. The molecule has 2 rings (SSSR count). The maximum absolute atomic E-state index is 11.8. The van der Waals surface area contributed by atoms with Crippen LogP contribution < -0.4 is 0 Å². The molecule has 0 N–H and O–H groups in total. The molecule has 1 heterocycles. The van der Waals surface area contributed by atoms with Gasteiger partial charge in [-0.15, -0.1) is 0 Å². The van der Waals surface area contributed by atoms with Gasteiger partial charge in [-0.05, 0) is 19.4 Å². The van der Waals surface area contributed by atoms with Gasteiger partial charge in [-0.25, -0.2) is 4.79 Å².